The highest BCUT2D eigenvalue weighted by Gasteiger charge is 2.49. The van der Waals surface area contributed by atoms with Crippen molar-refractivity contribution in [1.29, 1.82) is 0 Å². The van der Waals surface area contributed by atoms with Crippen molar-refractivity contribution in [3.63, 3.8) is 0 Å². The molecule has 0 aromatic carbocycles. The van der Waals surface area contributed by atoms with Crippen LogP contribution in [0.2, 0.25) is 0 Å². The molecule has 4 heteroatoms. The zero-order valence-electron chi connectivity index (χ0n) is 12.1. The predicted molar refractivity (Wildman–Crippen MR) is 75.8 cm³/mol. The number of likely N-dealkylation sites (tertiary alicyclic amines) is 1. The van der Waals surface area contributed by atoms with E-state index in [9.17, 15) is 9.90 Å². The Kier molecular flexibility index (Phi) is 4.63. The van der Waals surface area contributed by atoms with Gasteiger partial charge in [-0.2, -0.15) is 0 Å². The van der Waals surface area contributed by atoms with Crippen LogP contribution < -0.4 is 5.32 Å². The molecular weight excluding hydrogens is 240 g/mol. The fourth-order valence-corrected chi connectivity index (χ4v) is 3.26. The molecular formula is C15H26N2O2. The zero-order valence-corrected chi connectivity index (χ0v) is 12.1. The first-order valence-corrected chi connectivity index (χ1v) is 7.37. The Bertz CT molecular complexity index is 363. The first-order chi connectivity index (χ1) is 9.04. The number of hydrogen-bond donors (Lipinski definition) is 2. The molecule has 0 saturated carbocycles. The molecule has 4 nitrogen and oxygen atoms in total. The smallest absolute Gasteiger partial charge is 0.230 e. The second-order valence-electron chi connectivity index (χ2n) is 6.17. The summed E-state index contributed by atoms with van der Waals surface area (Å²) in [4.78, 5) is 14.5. The Morgan fingerprint density at radius 3 is 3.05 bits per heavy atom. The molecule has 0 aliphatic carbocycles. The van der Waals surface area contributed by atoms with E-state index in [0.717, 1.165) is 38.9 Å². The molecule has 0 aromatic heterocycles. The Labute approximate surface area is 115 Å². The van der Waals surface area contributed by atoms with Gasteiger partial charge in [0.1, 0.15) is 0 Å². The van der Waals surface area contributed by atoms with Gasteiger partial charge in [-0.15, -0.1) is 0 Å². The molecule has 1 spiro atoms. The van der Waals surface area contributed by atoms with Crippen molar-refractivity contribution >= 4 is 5.91 Å². The molecule has 2 heterocycles. The summed E-state index contributed by atoms with van der Waals surface area (Å²) in [5.74, 6) is 0.0539. The van der Waals surface area contributed by atoms with Gasteiger partial charge in [-0.25, -0.2) is 0 Å². The third-order valence-corrected chi connectivity index (χ3v) is 4.40. The van der Waals surface area contributed by atoms with E-state index in [1.54, 1.807) is 0 Å². The lowest BCUT2D eigenvalue weighted by Crippen LogP contribution is -2.61. The van der Waals surface area contributed by atoms with Crippen LogP contribution in [0.3, 0.4) is 0 Å². The number of carbonyl (C=O) groups is 1. The van der Waals surface area contributed by atoms with Crippen molar-refractivity contribution in [2.45, 2.75) is 45.6 Å². The van der Waals surface area contributed by atoms with E-state index in [0.29, 0.717) is 13.0 Å². The maximum atomic E-state index is 12.2. The highest BCUT2D eigenvalue weighted by atomic mass is 16.3. The zero-order chi connectivity index (χ0) is 13.9. The number of nitrogens with zero attached hydrogens (tertiary/aromatic N) is 1. The normalized spacial score (nSPS) is 32.2. The number of amides is 1. The summed E-state index contributed by atoms with van der Waals surface area (Å²) in [5.41, 5.74) is 0.781. The highest BCUT2D eigenvalue weighted by Crippen LogP contribution is 2.37. The van der Waals surface area contributed by atoms with Crippen LogP contribution in [-0.4, -0.2) is 48.2 Å². The molecule has 2 atom stereocenters. The fourth-order valence-electron chi connectivity index (χ4n) is 3.26. The molecule has 0 radical (unpaired) electrons. The second-order valence-corrected chi connectivity index (χ2v) is 6.17. The first-order valence-electron chi connectivity index (χ1n) is 7.37. The number of aliphatic hydroxyl groups excluding tert-OH is 1. The molecule has 2 aliphatic heterocycles. The molecule has 2 saturated heterocycles. The highest BCUT2D eigenvalue weighted by molar-refractivity contribution is 5.84. The summed E-state index contributed by atoms with van der Waals surface area (Å²) in [5, 5.41) is 13.2. The Morgan fingerprint density at radius 2 is 2.37 bits per heavy atom. The van der Waals surface area contributed by atoms with Gasteiger partial charge in [-0.1, -0.05) is 11.6 Å². The standard InChI is InChI=1S/C15H26N2O2/c1-12(2)5-3-9-17-10-6-13(18)15(11-17)7-4-8-16-14(15)19/h5,13,18H,3-4,6-11H2,1-2H3,(H,16,19)/t13-,15+/m0/s1. The number of rotatable bonds is 3. The van der Waals surface area contributed by atoms with Gasteiger partial charge in [-0.3, -0.25) is 4.79 Å². The lowest BCUT2D eigenvalue weighted by Gasteiger charge is -2.46. The summed E-state index contributed by atoms with van der Waals surface area (Å²) in [7, 11) is 0. The Balaban J connectivity index is 1.99. The first kappa shape index (κ1) is 14.5. The third-order valence-electron chi connectivity index (χ3n) is 4.40. The Hall–Kier alpha value is -0.870. The van der Waals surface area contributed by atoms with Gasteiger partial charge in [0.05, 0.1) is 11.5 Å². The van der Waals surface area contributed by atoms with E-state index in [2.05, 4.69) is 30.1 Å². The van der Waals surface area contributed by atoms with Gasteiger partial charge >= 0.3 is 0 Å². The van der Waals surface area contributed by atoms with Crippen molar-refractivity contribution in [2.75, 3.05) is 26.2 Å². The van der Waals surface area contributed by atoms with E-state index in [-0.39, 0.29) is 5.91 Å². The number of carbonyl (C=O) groups excluding carboxylic acids is 1. The molecule has 2 rings (SSSR count). The monoisotopic (exact) mass is 266 g/mol. The molecule has 19 heavy (non-hydrogen) atoms. The number of nitrogens with one attached hydrogen (secondary N) is 1. The molecule has 1 amide bonds. The lowest BCUT2D eigenvalue weighted by molar-refractivity contribution is -0.148. The summed E-state index contributed by atoms with van der Waals surface area (Å²) in [6, 6.07) is 0. The van der Waals surface area contributed by atoms with E-state index in [4.69, 9.17) is 0 Å². The summed E-state index contributed by atoms with van der Waals surface area (Å²) in [6.07, 6.45) is 5.29. The summed E-state index contributed by atoms with van der Waals surface area (Å²) >= 11 is 0. The molecule has 2 fully saturated rings. The SMILES string of the molecule is CC(C)=CCCN1CC[C@H](O)[C@@]2(CCCNC2=O)C1. The largest absolute Gasteiger partial charge is 0.392 e. The van der Waals surface area contributed by atoms with Crippen LogP contribution in [0.15, 0.2) is 11.6 Å². The van der Waals surface area contributed by atoms with Crippen LogP contribution in [0.4, 0.5) is 0 Å². The van der Waals surface area contributed by atoms with Crippen molar-refractivity contribution in [3.8, 4) is 0 Å². The van der Waals surface area contributed by atoms with E-state index < -0.39 is 11.5 Å². The van der Waals surface area contributed by atoms with Gasteiger partial charge in [0, 0.05) is 26.2 Å². The Morgan fingerprint density at radius 1 is 1.58 bits per heavy atom. The third kappa shape index (κ3) is 3.18. The topological polar surface area (TPSA) is 52.6 Å². The van der Waals surface area contributed by atoms with Crippen molar-refractivity contribution < 1.29 is 9.90 Å². The average Bonchev–Trinajstić information content (AvgIpc) is 2.37. The quantitative estimate of drug-likeness (QED) is 0.757. The summed E-state index contributed by atoms with van der Waals surface area (Å²) in [6.45, 7) is 7.55. The van der Waals surface area contributed by atoms with Gasteiger partial charge < -0.3 is 15.3 Å². The number of piperidine rings is 2. The van der Waals surface area contributed by atoms with Crippen molar-refractivity contribution in [3.05, 3.63) is 11.6 Å². The van der Waals surface area contributed by atoms with E-state index >= 15 is 0 Å². The minimum Gasteiger partial charge on any atom is -0.392 e. The summed E-state index contributed by atoms with van der Waals surface area (Å²) < 4.78 is 0. The number of hydrogen-bond acceptors (Lipinski definition) is 3. The number of aliphatic hydroxyl groups is 1. The maximum absolute atomic E-state index is 12.2. The number of allylic oxidation sites excluding steroid dienone is 1. The van der Waals surface area contributed by atoms with Crippen LogP contribution >= 0.6 is 0 Å². The van der Waals surface area contributed by atoms with Gasteiger partial charge in [0.15, 0.2) is 0 Å². The van der Waals surface area contributed by atoms with Crippen molar-refractivity contribution in [2.24, 2.45) is 5.41 Å². The predicted octanol–water partition coefficient (Wildman–Crippen LogP) is 1.31. The van der Waals surface area contributed by atoms with Crippen LogP contribution in [0.5, 0.6) is 0 Å². The minimum absolute atomic E-state index is 0.0539. The molecule has 108 valence electrons. The van der Waals surface area contributed by atoms with Crippen molar-refractivity contribution in [1.82, 2.24) is 10.2 Å². The maximum Gasteiger partial charge on any atom is 0.230 e. The fraction of sp³-hybridized carbons (Fsp3) is 0.800. The van der Waals surface area contributed by atoms with E-state index in [1.165, 1.54) is 5.57 Å². The minimum atomic E-state index is -0.554. The van der Waals surface area contributed by atoms with Crippen LogP contribution in [0, 0.1) is 5.41 Å². The van der Waals surface area contributed by atoms with Crippen LogP contribution in [-0.2, 0) is 4.79 Å². The van der Waals surface area contributed by atoms with Crippen LogP contribution in [0.25, 0.3) is 0 Å². The molecule has 0 bridgehead atoms. The molecule has 2 aliphatic rings. The lowest BCUT2D eigenvalue weighted by atomic mass is 9.71. The molecule has 0 unspecified atom stereocenters. The van der Waals surface area contributed by atoms with Gasteiger partial charge in [0.2, 0.25) is 5.91 Å². The van der Waals surface area contributed by atoms with Gasteiger partial charge in [0.25, 0.3) is 0 Å². The van der Waals surface area contributed by atoms with E-state index in [1.807, 2.05) is 0 Å². The van der Waals surface area contributed by atoms with Crippen LogP contribution in [0.1, 0.15) is 39.5 Å². The molecule has 0 aromatic rings. The second kappa shape index (κ2) is 6.06. The molecule has 2 N–H and O–H groups in total. The van der Waals surface area contributed by atoms with Gasteiger partial charge in [-0.05, 0) is 39.5 Å². The average molecular weight is 266 g/mol.